The van der Waals surface area contributed by atoms with Crippen molar-refractivity contribution < 1.29 is 9.90 Å². The summed E-state index contributed by atoms with van der Waals surface area (Å²) in [5.74, 6) is -0.934. The van der Waals surface area contributed by atoms with Crippen molar-refractivity contribution in [2.75, 3.05) is 0 Å². The van der Waals surface area contributed by atoms with Crippen molar-refractivity contribution in [3.05, 3.63) is 60.5 Å². The second kappa shape index (κ2) is 4.45. The van der Waals surface area contributed by atoms with Gasteiger partial charge >= 0.3 is 5.97 Å². The Hall–Kier alpha value is -2.03. The second-order valence-corrected chi connectivity index (χ2v) is 4.18. The van der Waals surface area contributed by atoms with E-state index in [0.29, 0.717) is 5.70 Å². The summed E-state index contributed by atoms with van der Waals surface area (Å²) in [6.45, 7) is 1.91. The van der Waals surface area contributed by atoms with Gasteiger partial charge in [-0.1, -0.05) is 43.4 Å². The first-order valence-corrected chi connectivity index (χ1v) is 5.58. The average Bonchev–Trinajstić information content (AvgIpc) is 2.58. The van der Waals surface area contributed by atoms with Crippen LogP contribution in [0.2, 0.25) is 0 Å². The zero-order chi connectivity index (χ0) is 12.3. The Morgan fingerprint density at radius 3 is 2.82 bits per heavy atom. The molecule has 0 saturated heterocycles. The van der Waals surface area contributed by atoms with Gasteiger partial charge in [-0.05, 0) is 18.1 Å². The Kier molecular flexibility index (Phi) is 3.00. The maximum atomic E-state index is 11.7. The minimum atomic E-state index is -1.01. The van der Waals surface area contributed by atoms with Gasteiger partial charge in [0.05, 0.1) is 0 Å². The Bertz CT molecular complexity index is 469. The lowest BCUT2D eigenvalue weighted by Crippen LogP contribution is -2.41. The van der Waals surface area contributed by atoms with E-state index in [2.05, 4.69) is 5.32 Å². The van der Waals surface area contributed by atoms with Crippen LogP contribution in [-0.2, 0) is 4.79 Å². The summed E-state index contributed by atoms with van der Waals surface area (Å²) in [4.78, 5) is 11.7. The number of aliphatic carboxylic acids is 1. The fourth-order valence-electron chi connectivity index (χ4n) is 2.17. The van der Waals surface area contributed by atoms with Crippen LogP contribution in [0.25, 0.3) is 0 Å². The topological polar surface area (TPSA) is 49.3 Å². The third-order valence-electron chi connectivity index (χ3n) is 3.21. The third-order valence-corrected chi connectivity index (χ3v) is 3.21. The molecule has 0 aromatic rings. The molecule has 17 heavy (non-hydrogen) atoms. The van der Waals surface area contributed by atoms with E-state index in [1.54, 1.807) is 18.4 Å². The van der Waals surface area contributed by atoms with Crippen LogP contribution in [-0.4, -0.2) is 11.1 Å². The molecule has 0 aromatic heterocycles. The van der Waals surface area contributed by atoms with Crippen molar-refractivity contribution >= 4 is 5.97 Å². The lowest BCUT2D eigenvalue weighted by molar-refractivity contribution is -0.145. The van der Waals surface area contributed by atoms with Crippen LogP contribution in [0.5, 0.6) is 0 Å². The van der Waals surface area contributed by atoms with E-state index in [-0.39, 0.29) is 5.92 Å². The van der Waals surface area contributed by atoms with Crippen LogP contribution in [0.4, 0.5) is 0 Å². The van der Waals surface area contributed by atoms with E-state index in [9.17, 15) is 9.90 Å². The first-order chi connectivity index (χ1) is 8.18. The fraction of sp³-hybridized carbons (Fsp3) is 0.214. The van der Waals surface area contributed by atoms with Gasteiger partial charge in [-0.2, -0.15) is 0 Å². The molecule has 1 aliphatic heterocycles. The Balaban J connectivity index is 2.49. The lowest BCUT2D eigenvalue weighted by atomic mass is 9.71. The van der Waals surface area contributed by atoms with E-state index in [1.807, 2.05) is 43.4 Å². The third kappa shape index (κ3) is 1.84. The molecular weight excluding hydrogens is 214 g/mol. The molecule has 0 saturated carbocycles. The monoisotopic (exact) mass is 229 g/mol. The van der Waals surface area contributed by atoms with Crippen LogP contribution in [0.3, 0.4) is 0 Å². The number of rotatable bonds is 2. The van der Waals surface area contributed by atoms with Crippen LogP contribution < -0.4 is 5.32 Å². The molecule has 3 nitrogen and oxygen atoms in total. The Morgan fingerprint density at radius 2 is 2.12 bits per heavy atom. The molecule has 0 amide bonds. The molecule has 0 fully saturated rings. The van der Waals surface area contributed by atoms with Gasteiger partial charge in [-0.15, -0.1) is 0 Å². The van der Waals surface area contributed by atoms with Gasteiger partial charge in [-0.3, -0.25) is 4.79 Å². The molecular formula is C14H15NO2. The predicted molar refractivity (Wildman–Crippen MR) is 67.0 cm³/mol. The highest BCUT2D eigenvalue weighted by atomic mass is 16.4. The molecule has 1 heterocycles. The van der Waals surface area contributed by atoms with Gasteiger partial charge in [-0.25, -0.2) is 0 Å². The highest BCUT2D eigenvalue weighted by Crippen LogP contribution is 2.40. The summed E-state index contributed by atoms with van der Waals surface area (Å²) >= 11 is 0. The quantitative estimate of drug-likeness (QED) is 0.764. The zero-order valence-electron chi connectivity index (χ0n) is 9.63. The van der Waals surface area contributed by atoms with Crippen molar-refractivity contribution in [3.63, 3.8) is 0 Å². The van der Waals surface area contributed by atoms with Crippen molar-refractivity contribution in [2.24, 2.45) is 11.3 Å². The Labute approximate surface area is 101 Å². The molecule has 0 radical (unpaired) electrons. The highest BCUT2D eigenvalue weighted by molar-refractivity contribution is 5.82. The van der Waals surface area contributed by atoms with Crippen LogP contribution in [0.1, 0.15) is 6.92 Å². The normalized spacial score (nSPS) is 30.6. The molecule has 88 valence electrons. The zero-order valence-corrected chi connectivity index (χ0v) is 9.63. The minimum absolute atomic E-state index is 0.0938. The predicted octanol–water partition coefficient (Wildman–Crippen LogP) is 2.38. The maximum Gasteiger partial charge on any atom is 0.320 e. The van der Waals surface area contributed by atoms with E-state index in [4.69, 9.17) is 0 Å². The van der Waals surface area contributed by atoms with Crippen molar-refractivity contribution in [1.82, 2.24) is 5.32 Å². The smallest absolute Gasteiger partial charge is 0.320 e. The van der Waals surface area contributed by atoms with Crippen molar-refractivity contribution in [1.29, 1.82) is 0 Å². The molecule has 2 atom stereocenters. The standard InChI is InChI=1S/C14H15NO2/c1-11-7-4-5-9-14(11,13(16)17)12-8-3-2-6-10-15-12/h2-11,15H,1H3,(H,16,17). The van der Waals surface area contributed by atoms with Gasteiger partial charge in [0.15, 0.2) is 0 Å². The SMILES string of the molecule is CC1C=CC=CC1(C(=O)O)C1=CC=CC=CN1. The minimum Gasteiger partial charge on any atom is -0.480 e. The van der Waals surface area contributed by atoms with Gasteiger partial charge in [0.2, 0.25) is 0 Å². The fourth-order valence-corrected chi connectivity index (χ4v) is 2.17. The molecule has 2 N–H and O–H groups in total. The molecule has 0 aromatic carbocycles. The Morgan fingerprint density at radius 1 is 1.29 bits per heavy atom. The first kappa shape index (κ1) is 11.5. The van der Waals surface area contributed by atoms with Crippen molar-refractivity contribution in [2.45, 2.75) is 6.92 Å². The summed E-state index contributed by atoms with van der Waals surface area (Å²) in [5.41, 5.74) is -0.323. The number of carboxylic acids is 1. The van der Waals surface area contributed by atoms with Crippen molar-refractivity contribution in [3.8, 4) is 0 Å². The highest BCUT2D eigenvalue weighted by Gasteiger charge is 2.44. The number of hydrogen-bond acceptors (Lipinski definition) is 2. The molecule has 0 bridgehead atoms. The van der Waals surface area contributed by atoms with Gasteiger partial charge in [0.1, 0.15) is 5.41 Å². The van der Waals surface area contributed by atoms with E-state index in [1.165, 1.54) is 0 Å². The molecule has 2 unspecified atom stereocenters. The van der Waals surface area contributed by atoms with Gasteiger partial charge < -0.3 is 10.4 Å². The first-order valence-electron chi connectivity index (χ1n) is 5.58. The van der Waals surface area contributed by atoms with E-state index < -0.39 is 11.4 Å². The molecule has 2 aliphatic rings. The summed E-state index contributed by atoms with van der Waals surface area (Å²) in [7, 11) is 0. The van der Waals surface area contributed by atoms with E-state index in [0.717, 1.165) is 0 Å². The second-order valence-electron chi connectivity index (χ2n) is 4.18. The number of carboxylic acid groups (broad SMARTS) is 1. The molecule has 2 rings (SSSR count). The summed E-state index contributed by atoms with van der Waals surface area (Å²) < 4.78 is 0. The molecule has 0 spiro atoms. The summed E-state index contributed by atoms with van der Waals surface area (Å²) in [6.07, 6.45) is 16.4. The number of carbonyl (C=O) groups is 1. The number of nitrogens with one attached hydrogen (secondary N) is 1. The van der Waals surface area contributed by atoms with Crippen LogP contribution in [0.15, 0.2) is 60.5 Å². The van der Waals surface area contributed by atoms with Crippen LogP contribution in [0, 0.1) is 11.3 Å². The molecule has 3 heteroatoms. The summed E-state index contributed by atoms with van der Waals surface area (Å²) in [5, 5.41) is 12.6. The van der Waals surface area contributed by atoms with E-state index >= 15 is 0 Å². The van der Waals surface area contributed by atoms with Gasteiger partial charge in [0.25, 0.3) is 0 Å². The largest absolute Gasteiger partial charge is 0.480 e. The van der Waals surface area contributed by atoms with Crippen LogP contribution >= 0.6 is 0 Å². The maximum absolute atomic E-state index is 11.7. The average molecular weight is 229 g/mol. The number of allylic oxidation sites excluding steroid dienone is 7. The number of hydrogen-bond donors (Lipinski definition) is 2. The summed E-state index contributed by atoms with van der Waals surface area (Å²) in [6, 6.07) is 0. The van der Waals surface area contributed by atoms with Gasteiger partial charge in [0, 0.05) is 11.9 Å². The molecule has 1 aliphatic carbocycles. The lowest BCUT2D eigenvalue weighted by Gasteiger charge is -2.34.